The number of hydrogen-bond acceptors (Lipinski definition) is 3. The largest absolute Gasteiger partial charge is 0.480 e. The quantitative estimate of drug-likeness (QED) is 0.693. The van der Waals surface area contributed by atoms with Crippen molar-refractivity contribution in [2.75, 3.05) is 13.2 Å². The van der Waals surface area contributed by atoms with Crippen LogP contribution in [0.3, 0.4) is 0 Å². The first-order chi connectivity index (χ1) is 8.86. The standard InChI is InChI=1S/C12H14F3NO3/c13-12(14,15)9-4-2-8(3-5-9)10(11(18)19)16-6-1-7-17/h2-5,10,16-17H,1,6-7H2,(H,18,19). The average molecular weight is 277 g/mol. The van der Waals surface area contributed by atoms with E-state index in [-0.39, 0.29) is 18.7 Å². The van der Waals surface area contributed by atoms with Gasteiger partial charge in [-0.15, -0.1) is 0 Å². The minimum atomic E-state index is -4.44. The van der Waals surface area contributed by atoms with E-state index in [1.54, 1.807) is 0 Å². The Bertz CT molecular complexity index is 417. The van der Waals surface area contributed by atoms with Gasteiger partial charge in [0.1, 0.15) is 6.04 Å². The Kier molecular flexibility index (Phi) is 5.31. The maximum Gasteiger partial charge on any atom is 0.416 e. The molecule has 3 N–H and O–H groups in total. The summed E-state index contributed by atoms with van der Waals surface area (Å²) in [6.45, 7) is 0.167. The second-order valence-corrected chi connectivity index (χ2v) is 3.92. The molecule has 19 heavy (non-hydrogen) atoms. The van der Waals surface area contributed by atoms with Crippen molar-refractivity contribution >= 4 is 5.97 Å². The van der Waals surface area contributed by atoms with Crippen molar-refractivity contribution in [3.63, 3.8) is 0 Å². The SMILES string of the molecule is O=C(O)C(NCCCO)c1ccc(C(F)(F)F)cc1. The van der Waals surface area contributed by atoms with Crippen molar-refractivity contribution in [3.8, 4) is 0 Å². The fraction of sp³-hybridized carbons (Fsp3) is 0.417. The topological polar surface area (TPSA) is 69.6 Å². The predicted molar refractivity (Wildman–Crippen MR) is 61.5 cm³/mol. The number of hydrogen-bond donors (Lipinski definition) is 3. The second kappa shape index (κ2) is 6.53. The molecule has 0 heterocycles. The average Bonchev–Trinajstić information content (AvgIpc) is 2.33. The lowest BCUT2D eigenvalue weighted by molar-refractivity contribution is -0.139. The van der Waals surface area contributed by atoms with Crippen LogP contribution in [0.2, 0.25) is 0 Å². The molecule has 4 nitrogen and oxygen atoms in total. The number of aliphatic carboxylic acids is 1. The third-order valence-corrected chi connectivity index (χ3v) is 2.50. The van der Waals surface area contributed by atoms with Crippen LogP contribution >= 0.6 is 0 Å². The minimum absolute atomic E-state index is 0.0909. The highest BCUT2D eigenvalue weighted by atomic mass is 19.4. The number of carboxylic acid groups (broad SMARTS) is 1. The molecule has 0 fully saturated rings. The van der Waals surface area contributed by atoms with E-state index >= 15 is 0 Å². The maximum atomic E-state index is 12.4. The lowest BCUT2D eigenvalue weighted by Crippen LogP contribution is -2.29. The van der Waals surface area contributed by atoms with Crippen LogP contribution in [-0.4, -0.2) is 29.3 Å². The first-order valence-electron chi connectivity index (χ1n) is 5.60. The molecule has 0 aliphatic heterocycles. The highest BCUT2D eigenvalue weighted by Crippen LogP contribution is 2.29. The molecule has 1 unspecified atom stereocenters. The van der Waals surface area contributed by atoms with Crippen molar-refractivity contribution < 1.29 is 28.2 Å². The molecule has 0 radical (unpaired) electrons. The molecule has 0 spiro atoms. The molecule has 0 aliphatic carbocycles. The molecular weight excluding hydrogens is 263 g/mol. The summed E-state index contributed by atoms with van der Waals surface area (Å²) >= 11 is 0. The summed E-state index contributed by atoms with van der Waals surface area (Å²) in [6, 6.07) is 2.87. The summed E-state index contributed by atoms with van der Waals surface area (Å²) in [5.41, 5.74) is -0.589. The van der Waals surface area contributed by atoms with E-state index in [4.69, 9.17) is 10.2 Å². The number of carboxylic acids is 1. The summed E-state index contributed by atoms with van der Waals surface area (Å²) in [5.74, 6) is -1.18. The van der Waals surface area contributed by atoms with Crippen molar-refractivity contribution in [1.29, 1.82) is 0 Å². The van der Waals surface area contributed by atoms with E-state index in [0.717, 1.165) is 24.3 Å². The van der Waals surface area contributed by atoms with Gasteiger partial charge in [0.05, 0.1) is 5.56 Å². The second-order valence-electron chi connectivity index (χ2n) is 3.92. The zero-order valence-corrected chi connectivity index (χ0v) is 9.94. The van der Waals surface area contributed by atoms with Crippen LogP contribution in [0.5, 0.6) is 0 Å². The Balaban J connectivity index is 2.83. The molecular formula is C12H14F3NO3. The third kappa shape index (κ3) is 4.53. The fourth-order valence-electron chi connectivity index (χ4n) is 1.54. The lowest BCUT2D eigenvalue weighted by Gasteiger charge is -2.15. The molecule has 0 aliphatic rings. The third-order valence-electron chi connectivity index (χ3n) is 2.50. The van der Waals surface area contributed by atoms with Gasteiger partial charge < -0.3 is 15.5 Å². The Morgan fingerprint density at radius 3 is 2.26 bits per heavy atom. The Morgan fingerprint density at radius 2 is 1.84 bits per heavy atom. The summed E-state index contributed by atoms with van der Waals surface area (Å²) in [5, 5.41) is 20.3. The fourth-order valence-corrected chi connectivity index (χ4v) is 1.54. The minimum Gasteiger partial charge on any atom is -0.480 e. The summed E-state index contributed by atoms with van der Waals surface area (Å²) in [4.78, 5) is 11.0. The van der Waals surface area contributed by atoms with Gasteiger partial charge in [-0.05, 0) is 30.7 Å². The summed E-state index contributed by atoms with van der Waals surface area (Å²) in [7, 11) is 0. The van der Waals surface area contributed by atoms with Gasteiger partial charge >= 0.3 is 12.1 Å². The molecule has 0 amide bonds. The van der Waals surface area contributed by atoms with Gasteiger partial charge in [-0.3, -0.25) is 4.79 Å². The van der Waals surface area contributed by atoms with Gasteiger partial charge in [0.2, 0.25) is 0 Å². The van der Waals surface area contributed by atoms with Crippen molar-refractivity contribution in [2.24, 2.45) is 0 Å². The predicted octanol–water partition coefficient (Wildman–Crippen LogP) is 1.80. The first kappa shape index (κ1) is 15.5. The van der Waals surface area contributed by atoms with Gasteiger partial charge in [0.25, 0.3) is 0 Å². The number of aliphatic hydroxyl groups excluding tert-OH is 1. The number of benzene rings is 1. The Labute approximate surface area is 107 Å². The summed E-state index contributed by atoms with van der Waals surface area (Å²) in [6.07, 6.45) is -4.08. The van der Waals surface area contributed by atoms with Gasteiger partial charge in [0.15, 0.2) is 0 Å². The van der Waals surface area contributed by atoms with Crippen molar-refractivity contribution in [2.45, 2.75) is 18.6 Å². The Morgan fingerprint density at radius 1 is 1.26 bits per heavy atom. The number of aliphatic hydroxyl groups is 1. The Hall–Kier alpha value is -1.60. The van der Waals surface area contributed by atoms with Gasteiger partial charge in [-0.2, -0.15) is 13.2 Å². The zero-order chi connectivity index (χ0) is 14.5. The number of carbonyl (C=O) groups is 1. The highest BCUT2D eigenvalue weighted by molar-refractivity contribution is 5.75. The van der Waals surface area contributed by atoms with Crippen LogP contribution in [0.15, 0.2) is 24.3 Å². The van der Waals surface area contributed by atoms with Crippen LogP contribution in [0, 0.1) is 0 Å². The van der Waals surface area contributed by atoms with Gasteiger partial charge in [-0.1, -0.05) is 12.1 Å². The van der Waals surface area contributed by atoms with E-state index < -0.39 is 23.8 Å². The molecule has 0 aromatic heterocycles. The van der Waals surface area contributed by atoms with Crippen molar-refractivity contribution in [1.82, 2.24) is 5.32 Å². The van der Waals surface area contributed by atoms with E-state index in [1.807, 2.05) is 0 Å². The molecule has 0 saturated heterocycles. The van der Waals surface area contributed by atoms with E-state index in [1.165, 1.54) is 0 Å². The molecule has 0 saturated carbocycles. The number of rotatable bonds is 6. The molecule has 106 valence electrons. The van der Waals surface area contributed by atoms with Gasteiger partial charge in [-0.25, -0.2) is 0 Å². The summed E-state index contributed by atoms with van der Waals surface area (Å²) < 4.78 is 37.1. The van der Waals surface area contributed by atoms with E-state index in [0.29, 0.717) is 6.42 Å². The highest BCUT2D eigenvalue weighted by Gasteiger charge is 2.30. The van der Waals surface area contributed by atoms with E-state index in [2.05, 4.69) is 5.32 Å². The van der Waals surface area contributed by atoms with Crippen LogP contribution in [0.4, 0.5) is 13.2 Å². The molecule has 1 aromatic rings. The number of alkyl halides is 3. The first-order valence-corrected chi connectivity index (χ1v) is 5.60. The molecule has 0 bridgehead atoms. The van der Waals surface area contributed by atoms with Crippen LogP contribution in [0.1, 0.15) is 23.6 Å². The van der Waals surface area contributed by atoms with Gasteiger partial charge in [0, 0.05) is 6.61 Å². The van der Waals surface area contributed by atoms with Crippen LogP contribution in [0.25, 0.3) is 0 Å². The van der Waals surface area contributed by atoms with Crippen LogP contribution < -0.4 is 5.32 Å². The molecule has 1 atom stereocenters. The lowest BCUT2D eigenvalue weighted by atomic mass is 10.0. The molecule has 1 rings (SSSR count). The van der Waals surface area contributed by atoms with Crippen LogP contribution in [-0.2, 0) is 11.0 Å². The molecule has 1 aromatic carbocycles. The number of nitrogens with one attached hydrogen (secondary N) is 1. The normalized spacial score (nSPS) is 13.3. The van der Waals surface area contributed by atoms with Crippen molar-refractivity contribution in [3.05, 3.63) is 35.4 Å². The monoisotopic (exact) mass is 277 g/mol. The van der Waals surface area contributed by atoms with E-state index in [9.17, 15) is 18.0 Å². The smallest absolute Gasteiger partial charge is 0.416 e. The zero-order valence-electron chi connectivity index (χ0n) is 9.94. The maximum absolute atomic E-state index is 12.4. The number of halogens is 3. The molecule has 7 heteroatoms.